The Morgan fingerprint density at radius 1 is 0.245 bits per heavy atom. The second kappa shape index (κ2) is 42.3. The molecule has 1 nitrogen and oxygen atoms in total. The molecule has 0 radical (unpaired) electrons. The van der Waals surface area contributed by atoms with E-state index in [9.17, 15) is 0 Å². The smallest absolute Gasteiger partial charge is 0.0409 e. The van der Waals surface area contributed by atoms with Gasteiger partial charge < -0.3 is 0 Å². The van der Waals surface area contributed by atoms with Crippen LogP contribution in [0.5, 0.6) is 0 Å². The number of aromatic nitrogens is 1. The largest absolute Gasteiger partial charge is 0.258 e. The van der Waals surface area contributed by atoms with E-state index in [1.54, 1.807) is 0 Å². The lowest BCUT2D eigenvalue weighted by Crippen LogP contribution is -2.00. The molecule has 0 spiro atoms. The first-order chi connectivity index (χ1) is 26.3. The summed E-state index contributed by atoms with van der Waals surface area (Å²) in [6.45, 7) is 6.94. The molecule has 1 aromatic rings. The van der Waals surface area contributed by atoms with Crippen LogP contribution >= 0.6 is 0 Å². The van der Waals surface area contributed by atoms with Crippen molar-refractivity contribution in [1.29, 1.82) is 0 Å². The van der Waals surface area contributed by atoms with E-state index < -0.39 is 0 Å². The molecule has 1 aromatic heterocycles. The van der Waals surface area contributed by atoms with Crippen LogP contribution in [0.2, 0.25) is 0 Å². The molecule has 0 atom stereocenters. The number of unbranched alkanes of at least 4 members (excludes halogenated alkanes) is 38. The second-order valence-corrected chi connectivity index (χ2v) is 17.6. The fraction of sp³-hybridized carbons (Fsp3) is 0.904. The minimum atomic E-state index is 1.18. The molecular weight excluding hydrogens is 639 g/mol. The lowest BCUT2D eigenvalue weighted by molar-refractivity contribution is 0.521. The molecule has 0 fully saturated rings. The molecule has 1 heteroatoms. The van der Waals surface area contributed by atoms with Gasteiger partial charge in [0.15, 0.2) is 0 Å². The predicted molar refractivity (Wildman–Crippen MR) is 242 cm³/mol. The molecule has 0 unspecified atom stereocenters. The molecule has 0 aliphatic heterocycles. The first kappa shape index (κ1) is 50.2. The molecule has 0 bridgehead atoms. The Labute approximate surface area is 336 Å². The highest BCUT2D eigenvalue weighted by Crippen LogP contribution is 2.19. The normalized spacial score (nSPS) is 11.6. The van der Waals surface area contributed by atoms with Crippen molar-refractivity contribution in [1.82, 2.24) is 4.98 Å². The van der Waals surface area contributed by atoms with Gasteiger partial charge in [0, 0.05) is 11.4 Å². The minimum absolute atomic E-state index is 1.18. The summed E-state index contributed by atoms with van der Waals surface area (Å²) in [6.07, 6.45) is 62.8. The topological polar surface area (TPSA) is 12.9 Å². The quantitative estimate of drug-likeness (QED) is 0.0608. The number of hydrogen-bond acceptors (Lipinski definition) is 1. The molecule has 0 aromatic carbocycles. The van der Waals surface area contributed by atoms with Crippen LogP contribution in [-0.2, 0) is 19.3 Å². The fourth-order valence-electron chi connectivity index (χ4n) is 8.53. The zero-order valence-corrected chi connectivity index (χ0v) is 37.2. The van der Waals surface area contributed by atoms with Gasteiger partial charge >= 0.3 is 0 Å². The van der Waals surface area contributed by atoms with Gasteiger partial charge in [0.25, 0.3) is 0 Å². The maximum atomic E-state index is 5.15. The highest BCUT2D eigenvalue weighted by atomic mass is 14.7. The standard InChI is InChI=1S/C52H99N/c1-4-7-9-11-13-15-17-19-21-23-25-27-29-31-33-35-37-39-41-43-46-51-48-50(45-6-3)49-52(53-51)47-44-42-40-38-36-34-32-30-28-26-24-22-20-18-16-14-12-10-8-5-2/h48-49H,4-47H2,1-3H3. The average Bonchev–Trinajstić information content (AvgIpc) is 3.16. The maximum absolute atomic E-state index is 5.15. The third-order valence-corrected chi connectivity index (χ3v) is 12.1. The van der Waals surface area contributed by atoms with Gasteiger partial charge in [-0.3, -0.25) is 4.98 Å². The Kier molecular flexibility index (Phi) is 40.0. The Hall–Kier alpha value is -0.850. The monoisotopic (exact) mass is 738 g/mol. The van der Waals surface area contributed by atoms with Gasteiger partial charge in [0.2, 0.25) is 0 Å². The van der Waals surface area contributed by atoms with Crippen LogP contribution in [0.1, 0.15) is 301 Å². The first-order valence-electron chi connectivity index (χ1n) is 25.3. The van der Waals surface area contributed by atoms with Crippen molar-refractivity contribution in [2.75, 3.05) is 0 Å². The zero-order chi connectivity index (χ0) is 38.0. The lowest BCUT2D eigenvalue weighted by Gasteiger charge is -2.09. The number of hydrogen-bond donors (Lipinski definition) is 0. The summed E-state index contributed by atoms with van der Waals surface area (Å²) < 4.78 is 0. The van der Waals surface area contributed by atoms with Crippen molar-refractivity contribution < 1.29 is 0 Å². The number of aryl methyl sites for hydroxylation is 3. The van der Waals surface area contributed by atoms with E-state index >= 15 is 0 Å². The Morgan fingerprint density at radius 3 is 0.660 bits per heavy atom. The number of nitrogens with zero attached hydrogens (tertiary/aromatic N) is 1. The molecule has 0 aliphatic rings. The van der Waals surface area contributed by atoms with Crippen LogP contribution in [0, 0.1) is 0 Å². The van der Waals surface area contributed by atoms with Crippen molar-refractivity contribution in [2.24, 2.45) is 0 Å². The van der Waals surface area contributed by atoms with Gasteiger partial charge in [0.1, 0.15) is 0 Å². The van der Waals surface area contributed by atoms with Crippen LogP contribution in [0.15, 0.2) is 12.1 Å². The summed E-state index contributed by atoms with van der Waals surface area (Å²) in [4.78, 5) is 5.15. The highest BCUT2D eigenvalue weighted by molar-refractivity contribution is 5.22. The lowest BCUT2D eigenvalue weighted by atomic mass is 10.0. The van der Waals surface area contributed by atoms with Gasteiger partial charge in [0.05, 0.1) is 0 Å². The molecule has 1 heterocycles. The van der Waals surface area contributed by atoms with Crippen molar-refractivity contribution in [3.05, 3.63) is 29.1 Å². The highest BCUT2D eigenvalue weighted by Gasteiger charge is 2.05. The summed E-state index contributed by atoms with van der Waals surface area (Å²) in [6, 6.07) is 4.86. The van der Waals surface area contributed by atoms with Gasteiger partial charge in [-0.1, -0.05) is 271 Å². The average molecular weight is 738 g/mol. The van der Waals surface area contributed by atoms with E-state index in [0.29, 0.717) is 0 Å². The zero-order valence-electron chi connectivity index (χ0n) is 37.2. The van der Waals surface area contributed by atoms with Gasteiger partial charge in [-0.05, 0) is 49.8 Å². The second-order valence-electron chi connectivity index (χ2n) is 17.6. The summed E-state index contributed by atoms with van der Waals surface area (Å²) in [5.74, 6) is 0. The third kappa shape index (κ3) is 36.5. The van der Waals surface area contributed by atoms with E-state index in [1.165, 1.54) is 299 Å². The minimum Gasteiger partial charge on any atom is -0.258 e. The van der Waals surface area contributed by atoms with Gasteiger partial charge in [-0.15, -0.1) is 0 Å². The van der Waals surface area contributed by atoms with Crippen molar-refractivity contribution in [3.8, 4) is 0 Å². The molecule has 53 heavy (non-hydrogen) atoms. The van der Waals surface area contributed by atoms with Gasteiger partial charge in [-0.2, -0.15) is 0 Å². The van der Waals surface area contributed by atoms with Crippen LogP contribution in [0.25, 0.3) is 0 Å². The van der Waals surface area contributed by atoms with Crippen molar-refractivity contribution in [2.45, 2.75) is 303 Å². The molecule has 0 saturated carbocycles. The summed E-state index contributed by atoms with van der Waals surface area (Å²) >= 11 is 0. The summed E-state index contributed by atoms with van der Waals surface area (Å²) in [5.41, 5.74) is 4.29. The van der Waals surface area contributed by atoms with E-state index in [-0.39, 0.29) is 0 Å². The number of rotatable bonds is 44. The SMILES string of the molecule is CCCCCCCCCCCCCCCCCCCCCCc1cc(CCC)cc(CCCCCCCCCCCCCCCCCCCCCC)n1. The van der Waals surface area contributed by atoms with E-state index in [1.807, 2.05) is 0 Å². The molecule has 0 amide bonds. The number of pyridine rings is 1. The Morgan fingerprint density at radius 2 is 0.453 bits per heavy atom. The summed E-state index contributed by atoms with van der Waals surface area (Å²) in [5, 5.41) is 0. The third-order valence-electron chi connectivity index (χ3n) is 12.1. The van der Waals surface area contributed by atoms with Gasteiger partial charge in [-0.25, -0.2) is 0 Å². The van der Waals surface area contributed by atoms with Crippen molar-refractivity contribution >= 4 is 0 Å². The van der Waals surface area contributed by atoms with Crippen molar-refractivity contribution in [3.63, 3.8) is 0 Å². The van der Waals surface area contributed by atoms with Crippen LogP contribution in [0.4, 0.5) is 0 Å². The molecule has 0 N–H and O–H groups in total. The maximum Gasteiger partial charge on any atom is 0.0409 e. The van der Waals surface area contributed by atoms with Crippen LogP contribution in [0.3, 0.4) is 0 Å². The fourth-order valence-corrected chi connectivity index (χ4v) is 8.53. The van der Waals surface area contributed by atoms with Crippen LogP contribution < -0.4 is 0 Å². The van der Waals surface area contributed by atoms with E-state index in [0.717, 1.165) is 0 Å². The molecule has 312 valence electrons. The Bertz CT molecular complexity index is 766. The molecular formula is C52H99N. The molecule has 0 aliphatic carbocycles. The predicted octanol–water partition coefficient (Wildman–Crippen LogP) is 18.8. The Balaban J connectivity index is 1.94. The van der Waals surface area contributed by atoms with E-state index in [2.05, 4.69) is 32.9 Å². The summed E-state index contributed by atoms with van der Waals surface area (Å²) in [7, 11) is 0. The van der Waals surface area contributed by atoms with E-state index in [4.69, 9.17) is 4.98 Å². The first-order valence-corrected chi connectivity index (χ1v) is 25.3. The van der Waals surface area contributed by atoms with Crippen LogP contribution in [-0.4, -0.2) is 4.98 Å². The molecule has 0 saturated heterocycles. The molecule has 1 rings (SSSR count).